The maximum Gasteiger partial charge on any atom is 0.323 e. The highest BCUT2D eigenvalue weighted by Crippen LogP contribution is 2.41. The van der Waals surface area contributed by atoms with Crippen molar-refractivity contribution in [2.75, 3.05) is 13.2 Å². The molecule has 0 radical (unpaired) electrons. The number of ether oxygens (including phenoxy) is 3. The third-order valence-corrected chi connectivity index (χ3v) is 4.62. The number of nitrogens with zero attached hydrogens (tertiary/aromatic N) is 1. The van der Waals surface area contributed by atoms with Crippen LogP contribution < -0.4 is 0 Å². The van der Waals surface area contributed by atoms with Gasteiger partial charge in [0.15, 0.2) is 5.41 Å². The van der Waals surface area contributed by atoms with Crippen molar-refractivity contribution in [1.29, 1.82) is 0 Å². The first-order valence-corrected chi connectivity index (χ1v) is 8.97. The number of carbonyl (C=O) groups is 2. The summed E-state index contributed by atoms with van der Waals surface area (Å²) in [6.45, 7) is 7.35. The Morgan fingerprint density at radius 3 is 2.00 bits per heavy atom. The van der Waals surface area contributed by atoms with E-state index in [1.54, 1.807) is 13.8 Å². The van der Waals surface area contributed by atoms with Crippen molar-refractivity contribution in [1.82, 2.24) is 0 Å². The van der Waals surface area contributed by atoms with Gasteiger partial charge >= 0.3 is 11.9 Å². The summed E-state index contributed by atoms with van der Waals surface area (Å²) in [5, 5.41) is 11.4. The molecule has 8 heteroatoms. The van der Waals surface area contributed by atoms with Crippen molar-refractivity contribution < 1.29 is 28.7 Å². The Balaban J connectivity index is 3.19. The van der Waals surface area contributed by atoms with Gasteiger partial charge in [-0.05, 0) is 26.7 Å². The molecule has 25 heavy (non-hydrogen) atoms. The molecule has 1 aliphatic carbocycles. The van der Waals surface area contributed by atoms with Crippen LogP contribution in [0, 0.1) is 15.5 Å². The number of nitro groups is 1. The first-order valence-electron chi connectivity index (χ1n) is 8.97. The van der Waals surface area contributed by atoms with E-state index in [4.69, 9.17) is 14.2 Å². The fourth-order valence-electron chi connectivity index (χ4n) is 3.32. The van der Waals surface area contributed by atoms with E-state index in [0.29, 0.717) is 0 Å². The average Bonchev–Trinajstić information content (AvgIpc) is 2.59. The van der Waals surface area contributed by atoms with Gasteiger partial charge in [0, 0.05) is 24.2 Å². The Morgan fingerprint density at radius 2 is 1.60 bits per heavy atom. The molecular formula is C17H29NO7. The SMILES string of the molecule is CCOC(=O)C1(C(=O)OCC)CC([N+](=O)[O-])C[C@H](OC(CC)CC)C1. The summed E-state index contributed by atoms with van der Waals surface area (Å²) in [5.41, 5.74) is -1.68. The Morgan fingerprint density at radius 1 is 1.08 bits per heavy atom. The second kappa shape index (κ2) is 9.70. The largest absolute Gasteiger partial charge is 0.465 e. The molecule has 0 spiro atoms. The molecule has 1 rings (SSSR count). The highest BCUT2D eigenvalue weighted by molar-refractivity contribution is 6.00. The highest BCUT2D eigenvalue weighted by Gasteiger charge is 2.57. The minimum absolute atomic E-state index is 0.0471. The number of carbonyl (C=O) groups excluding carboxylic acids is 2. The van der Waals surface area contributed by atoms with Crippen molar-refractivity contribution in [3.8, 4) is 0 Å². The van der Waals surface area contributed by atoms with Crippen molar-refractivity contribution in [2.24, 2.45) is 5.41 Å². The monoisotopic (exact) mass is 359 g/mol. The molecule has 144 valence electrons. The molecule has 0 saturated heterocycles. The number of esters is 2. The second-order valence-corrected chi connectivity index (χ2v) is 6.30. The van der Waals surface area contributed by atoms with E-state index in [9.17, 15) is 19.7 Å². The Bertz CT molecular complexity index is 458. The van der Waals surface area contributed by atoms with E-state index in [1.165, 1.54) is 0 Å². The van der Waals surface area contributed by atoms with Gasteiger partial charge in [-0.2, -0.15) is 0 Å². The molecule has 1 aliphatic rings. The summed E-state index contributed by atoms with van der Waals surface area (Å²) in [6.07, 6.45) is 0.861. The van der Waals surface area contributed by atoms with Crippen LogP contribution in [0.25, 0.3) is 0 Å². The Labute approximate surface area is 148 Å². The molecule has 0 aromatic carbocycles. The lowest BCUT2D eigenvalue weighted by molar-refractivity contribution is -0.531. The molecule has 0 aliphatic heterocycles. The van der Waals surface area contributed by atoms with Gasteiger partial charge in [0.05, 0.1) is 25.4 Å². The molecule has 0 amide bonds. The van der Waals surface area contributed by atoms with Crippen LogP contribution >= 0.6 is 0 Å². The third kappa shape index (κ3) is 5.14. The van der Waals surface area contributed by atoms with E-state index < -0.39 is 34.4 Å². The molecule has 2 atom stereocenters. The number of rotatable bonds is 9. The van der Waals surface area contributed by atoms with E-state index in [-0.39, 0.29) is 38.6 Å². The van der Waals surface area contributed by atoms with Gasteiger partial charge in [-0.15, -0.1) is 0 Å². The minimum Gasteiger partial charge on any atom is -0.465 e. The summed E-state index contributed by atoms with van der Waals surface area (Å²) in [4.78, 5) is 36.1. The molecule has 0 aromatic rings. The maximum atomic E-state index is 12.6. The van der Waals surface area contributed by atoms with Gasteiger partial charge in [-0.1, -0.05) is 13.8 Å². The smallest absolute Gasteiger partial charge is 0.323 e. The molecule has 0 N–H and O–H groups in total. The maximum absolute atomic E-state index is 12.6. The van der Waals surface area contributed by atoms with Gasteiger partial charge in [-0.25, -0.2) is 0 Å². The zero-order valence-electron chi connectivity index (χ0n) is 15.5. The van der Waals surface area contributed by atoms with Crippen molar-refractivity contribution >= 4 is 11.9 Å². The van der Waals surface area contributed by atoms with Gasteiger partial charge in [-0.3, -0.25) is 19.7 Å². The van der Waals surface area contributed by atoms with Crippen LogP contribution in [0.5, 0.6) is 0 Å². The van der Waals surface area contributed by atoms with Crippen LogP contribution in [-0.2, 0) is 23.8 Å². The summed E-state index contributed by atoms with van der Waals surface area (Å²) in [6, 6.07) is -1.05. The fourth-order valence-corrected chi connectivity index (χ4v) is 3.32. The molecule has 1 unspecified atom stereocenters. The van der Waals surface area contributed by atoms with E-state index in [2.05, 4.69) is 0 Å². The first-order chi connectivity index (χ1) is 11.8. The van der Waals surface area contributed by atoms with Crippen LogP contribution in [0.15, 0.2) is 0 Å². The van der Waals surface area contributed by atoms with Gasteiger partial charge < -0.3 is 14.2 Å². The quantitative estimate of drug-likeness (QED) is 0.269. The van der Waals surface area contributed by atoms with Crippen LogP contribution in [0.1, 0.15) is 59.8 Å². The fraction of sp³-hybridized carbons (Fsp3) is 0.882. The second-order valence-electron chi connectivity index (χ2n) is 6.30. The van der Waals surface area contributed by atoms with Gasteiger partial charge in [0.1, 0.15) is 0 Å². The lowest BCUT2D eigenvalue weighted by atomic mass is 9.70. The number of hydrogen-bond donors (Lipinski definition) is 0. The lowest BCUT2D eigenvalue weighted by Gasteiger charge is -2.38. The molecule has 0 bridgehead atoms. The van der Waals surface area contributed by atoms with Crippen LogP contribution in [0.2, 0.25) is 0 Å². The highest BCUT2D eigenvalue weighted by atomic mass is 16.6. The summed E-state index contributed by atoms with van der Waals surface area (Å²) < 4.78 is 16.1. The van der Waals surface area contributed by atoms with Gasteiger partial charge in [0.25, 0.3) is 0 Å². The minimum atomic E-state index is -1.68. The number of hydrogen-bond acceptors (Lipinski definition) is 7. The predicted molar refractivity (Wildman–Crippen MR) is 89.6 cm³/mol. The van der Waals surface area contributed by atoms with E-state index in [1.807, 2.05) is 13.8 Å². The standard InChI is InChI=1S/C17H29NO7/c1-5-13(6-2)25-14-9-12(18(21)22)10-17(11-14,15(19)23-7-3)16(20)24-8-4/h12-14H,5-11H2,1-4H3/t12?,14-/m0/s1. The zero-order valence-corrected chi connectivity index (χ0v) is 15.5. The van der Waals surface area contributed by atoms with Crippen LogP contribution in [-0.4, -0.2) is 48.3 Å². The van der Waals surface area contributed by atoms with Crippen molar-refractivity contribution in [2.45, 2.75) is 78.0 Å². The van der Waals surface area contributed by atoms with Gasteiger partial charge in [0.2, 0.25) is 6.04 Å². The molecular weight excluding hydrogens is 330 g/mol. The van der Waals surface area contributed by atoms with Crippen LogP contribution in [0.4, 0.5) is 0 Å². The average molecular weight is 359 g/mol. The van der Waals surface area contributed by atoms with E-state index >= 15 is 0 Å². The topological polar surface area (TPSA) is 105 Å². The van der Waals surface area contributed by atoms with Crippen molar-refractivity contribution in [3.63, 3.8) is 0 Å². The molecule has 1 saturated carbocycles. The van der Waals surface area contributed by atoms with Crippen LogP contribution in [0.3, 0.4) is 0 Å². The lowest BCUT2D eigenvalue weighted by Crippen LogP contribution is -2.53. The summed E-state index contributed by atoms with van der Waals surface area (Å²) >= 11 is 0. The zero-order chi connectivity index (χ0) is 19.0. The molecule has 8 nitrogen and oxygen atoms in total. The Hall–Kier alpha value is -1.70. The normalized spacial score (nSPS) is 22.4. The summed E-state index contributed by atoms with van der Waals surface area (Å²) in [5.74, 6) is -1.53. The molecule has 0 aromatic heterocycles. The van der Waals surface area contributed by atoms with E-state index in [0.717, 1.165) is 12.8 Å². The third-order valence-electron chi connectivity index (χ3n) is 4.62. The molecule has 1 fully saturated rings. The Kier molecular flexibility index (Phi) is 8.28. The predicted octanol–water partition coefficient (Wildman–Crippen LogP) is 2.50. The first kappa shape index (κ1) is 21.3. The molecule has 0 heterocycles. The van der Waals surface area contributed by atoms with Crippen molar-refractivity contribution in [3.05, 3.63) is 10.1 Å². The summed E-state index contributed by atoms with van der Waals surface area (Å²) in [7, 11) is 0.